The second-order valence-electron chi connectivity index (χ2n) is 6.92. The molecule has 0 unspecified atom stereocenters. The minimum absolute atomic E-state index is 0.286. The molecule has 7 heteroatoms. The Labute approximate surface area is 169 Å². The minimum Gasteiger partial charge on any atom is -0.744 e. The van der Waals surface area contributed by atoms with Crippen molar-refractivity contribution in [1.82, 2.24) is 0 Å². The van der Waals surface area contributed by atoms with E-state index in [2.05, 4.69) is 6.92 Å². The average molecular weight is 418 g/mol. The highest BCUT2D eigenvalue weighted by molar-refractivity contribution is 7.93. The first-order valence-electron chi connectivity index (χ1n) is 9.87. The van der Waals surface area contributed by atoms with Gasteiger partial charge in [0.2, 0.25) is 0 Å². The third-order valence-electron chi connectivity index (χ3n) is 4.67. The summed E-state index contributed by atoms with van der Waals surface area (Å²) in [5, 5.41) is 0. The van der Waals surface area contributed by atoms with Crippen LogP contribution in [0.4, 0.5) is 0 Å². The van der Waals surface area contributed by atoms with E-state index in [-0.39, 0.29) is 4.90 Å². The van der Waals surface area contributed by atoms with Gasteiger partial charge in [-0.3, -0.25) is 0 Å². The van der Waals surface area contributed by atoms with Crippen LogP contribution in [0.25, 0.3) is 0 Å². The lowest BCUT2D eigenvalue weighted by Crippen LogP contribution is -2.04. The summed E-state index contributed by atoms with van der Waals surface area (Å²) in [6, 6.07) is 2.68. The Balaban J connectivity index is 2.49. The molecule has 0 aromatic heterocycles. The molecule has 0 aliphatic carbocycles. The van der Waals surface area contributed by atoms with Crippen molar-refractivity contribution in [3.05, 3.63) is 23.3 Å². The van der Waals surface area contributed by atoms with Crippen molar-refractivity contribution >= 4 is 22.2 Å². The highest BCUT2D eigenvalue weighted by Gasteiger charge is 2.14. The Morgan fingerprint density at radius 3 is 2.04 bits per heavy atom. The molecule has 0 radical (unpaired) electrons. The van der Waals surface area contributed by atoms with Gasteiger partial charge in [0.25, 0.3) is 0 Å². The zero-order valence-corrected chi connectivity index (χ0v) is 18.4. The van der Waals surface area contributed by atoms with Crippen LogP contribution in [0.1, 0.15) is 82.3 Å². The molecular weight excluding hydrogens is 384 g/mol. The monoisotopic (exact) mass is 417 g/mol. The van der Waals surface area contributed by atoms with Gasteiger partial charge in [0, 0.05) is 29.9 Å². The first-order valence-corrected chi connectivity index (χ1v) is 12.4. The molecule has 1 rings (SSSR count). The van der Waals surface area contributed by atoms with E-state index in [1.165, 1.54) is 63.5 Å². The molecule has 0 aliphatic rings. The SMILES string of the molecule is CCCCCCCCCCCCc1c(C)cc(S(=O)(=O)[O-])cc1OOSC. The second kappa shape index (κ2) is 13.4. The van der Waals surface area contributed by atoms with Crippen LogP contribution in [0.3, 0.4) is 0 Å². The summed E-state index contributed by atoms with van der Waals surface area (Å²) in [5.74, 6) is 0.315. The molecule has 0 N–H and O–H groups in total. The van der Waals surface area contributed by atoms with Gasteiger partial charge in [-0.25, -0.2) is 8.42 Å². The predicted octanol–water partition coefficient (Wildman–Crippen LogP) is 5.95. The van der Waals surface area contributed by atoms with Gasteiger partial charge in [-0.05, 0) is 31.4 Å². The lowest BCUT2D eigenvalue weighted by atomic mass is 10.00. The van der Waals surface area contributed by atoms with Crippen molar-refractivity contribution in [3.8, 4) is 5.75 Å². The van der Waals surface area contributed by atoms with Gasteiger partial charge in [-0.2, -0.15) is 0 Å². The number of unbranched alkanes of at least 4 members (excludes halogenated alkanes) is 9. The zero-order chi connectivity index (χ0) is 20.1. The molecule has 1 aromatic rings. The van der Waals surface area contributed by atoms with Crippen LogP contribution in [-0.2, 0) is 20.9 Å². The molecule has 0 fully saturated rings. The van der Waals surface area contributed by atoms with E-state index in [0.29, 0.717) is 5.75 Å². The van der Waals surface area contributed by atoms with Gasteiger partial charge in [-0.15, -0.1) is 4.33 Å². The van der Waals surface area contributed by atoms with E-state index in [9.17, 15) is 13.0 Å². The van der Waals surface area contributed by atoms with E-state index < -0.39 is 10.1 Å². The fourth-order valence-electron chi connectivity index (χ4n) is 3.15. The average Bonchev–Trinajstić information content (AvgIpc) is 2.61. The van der Waals surface area contributed by atoms with Crippen LogP contribution in [-0.4, -0.2) is 19.2 Å². The standard InChI is InChI=1S/C20H34O5S2/c1-4-5-6-7-8-9-10-11-12-13-14-19-17(2)15-18(27(21,22)23)16-20(19)24-25-26-3/h15-16H,4-14H2,1-3H3,(H,21,22,23)/p-1. The maximum atomic E-state index is 11.3. The smallest absolute Gasteiger partial charge is 0.171 e. The molecule has 0 saturated carbocycles. The number of rotatable bonds is 15. The molecule has 5 nitrogen and oxygen atoms in total. The molecule has 0 aliphatic heterocycles. The third-order valence-corrected chi connectivity index (χ3v) is 5.68. The van der Waals surface area contributed by atoms with E-state index in [0.717, 1.165) is 42.4 Å². The first-order chi connectivity index (χ1) is 12.9. The largest absolute Gasteiger partial charge is 0.744 e. The van der Waals surface area contributed by atoms with Crippen LogP contribution in [0.15, 0.2) is 17.0 Å². The van der Waals surface area contributed by atoms with Crippen molar-refractivity contribution < 1.29 is 22.2 Å². The molecule has 1 aromatic carbocycles. The van der Waals surface area contributed by atoms with Crippen molar-refractivity contribution in [2.75, 3.05) is 6.26 Å². The number of hydrogen-bond donors (Lipinski definition) is 0. The van der Waals surface area contributed by atoms with Gasteiger partial charge >= 0.3 is 0 Å². The molecule has 0 amide bonds. The highest BCUT2D eigenvalue weighted by atomic mass is 32.2. The summed E-state index contributed by atoms with van der Waals surface area (Å²) in [7, 11) is -4.53. The maximum absolute atomic E-state index is 11.3. The Morgan fingerprint density at radius 1 is 0.963 bits per heavy atom. The van der Waals surface area contributed by atoms with Gasteiger partial charge in [0.1, 0.15) is 10.1 Å². The van der Waals surface area contributed by atoms with E-state index in [1.54, 1.807) is 13.2 Å². The summed E-state index contributed by atoms with van der Waals surface area (Å²) in [4.78, 5) is 4.92. The predicted molar refractivity (Wildman–Crippen MR) is 110 cm³/mol. The molecule has 0 heterocycles. The number of aryl methyl sites for hydroxylation is 1. The van der Waals surface area contributed by atoms with Gasteiger partial charge in [0.15, 0.2) is 5.75 Å². The summed E-state index contributed by atoms with van der Waals surface area (Å²) < 4.78 is 38.8. The summed E-state index contributed by atoms with van der Waals surface area (Å²) in [5.41, 5.74) is 1.64. The Bertz CT molecular complexity index is 644. The third kappa shape index (κ3) is 9.83. The lowest BCUT2D eigenvalue weighted by Gasteiger charge is -2.15. The Hall–Kier alpha value is -0.760. The zero-order valence-electron chi connectivity index (χ0n) is 16.8. The van der Waals surface area contributed by atoms with Crippen LogP contribution in [0.5, 0.6) is 5.75 Å². The molecule has 0 spiro atoms. The Kier molecular flexibility index (Phi) is 12.1. The van der Waals surface area contributed by atoms with Crippen LogP contribution >= 0.6 is 12.0 Å². The maximum Gasteiger partial charge on any atom is 0.171 e. The highest BCUT2D eigenvalue weighted by Crippen LogP contribution is 2.29. The van der Waals surface area contributed by atoms with Gasteiger partial charge < -0.3 is 9.44 Å². The van der Waals surface area contributed by atoms with Crippen LogP contribution in [0, 0.1) is 6.92 Å². The van der Waals surface area contributed by atoms with E-state index >= 15 is 0 Å². The van der Waals surface area contributed by atoms with Crippen molar-refractivity contribution in [3.63, 3.8) is 0 Å². The number of hydrogen-bond acceptors (Lipinski definition) is 6. The topological polar surface area (TPSA) is 75.7 Å². The van der Waals surface area contributed by atoms with Gasteiger partial charge in [0.05, 0.1) is 4.90 Å². The van der Waals surface area contributed by atoms with Gasteiger partial charge in [-0.1, -0.05) is 64.7 Å². The Morgan fingerprint density at radius 2 is 1.52 bits per heavy atom. The molecular formula is C20H33O5S2-. The summed E-state index contributed by atoms with van der Waals surface area (Å²) in [6.07, 6.45) is 15.0. The quantitative estimate of drug-likeness (QED) is 0.115. The molecule has 156 valence electrons. The number of benzene rings is 1. The first kappa shape index (κ1) is 24.3. The summed E-state index contributed by atoms with van der Waals surface area (Å²) in [6.45, 7) is 4.03. The summed E-state index contributed by atoms with van der Waals surface area (Å²) >= 11 is 1.02. The van der Waals surface area contributed by atoms with Crippen molar-refractivity contribution in [2.45, 2.75) is 89.4 Å². The normalized spacial score (nSPS) is 11.7. The van der Waals surface area contributed by atoms with Crippen LogP contribution in [0.2, 0.25) is 0 Å². The fourth-order valence-corrected chi connectivity index (χ4v) is 3.87. The lowest BCUT2D eigenvalue weighted by molar-refractivity contribution is -0.0782. The molecule has 27 heavy (non-hydrogen) atoms. The minimum atomic E-state index is -4.53. The van der Waals surface area contributed by atoms with Crippen molar-refractivity contribution in [1.29, 1.82) is 0 Å². The fraction of sp³-hybridized carbons (Fsp3) is 0.700. The van der Waals surface area contributed by atoms with E-state index in [4.69, 9.17) is 9.22 Å². The second-order valence-corrected chi connectivity index (χ2v) is 8.77. The van der Waals surface area contributed by atoms with E-state index in [1.807, 2.05) is 0 Å². The van der Waals surface area contributed by atoms with Crippen LogP contribution < -0.4 is 4.89 Å². The molecule has 0 atom stereocenters. The molecule has 0 bridgehead atoms. The molecule has 0 saturated heterocycles. The van der Waals surface area contributed by atoms with Crippen molar-refractivity contribution in [2.24, 2.45) is 0 Å².